The Labute approximate surface area is 120 Å². The van der Waals surface area contributed by atoms with E-state index in [4.69, 9.17) is 10.5 Å². The zero-order valence-corrected chi connectivity index (χ0v) is 12.4. The first-order chi connectivity index (χ1) is 9.60. The Hall–Kier alpha value is -1.87. The second-order valence-corrected chi connectivity index (χ2v) is 5.29. The van der Waals surface area contributed by atoms with Crippen LogP contribution < -0.4 is 10.5 Å². The predicted octanol–water partition coefficient (Wildman–Crippen LogP) is 3.55. The first-order valence-electron chi connectivity index (χ1n) is 6.98. The lowest BCUT2D eigenvalue weighted by molar-refractivity contribution is 0.298. The summed E-state index contributed by atoms with van der Waals surface area (Å²) in [5.74, 6) is 1.42. The highest BCUT2D eigenvalue weighted by molar-refractivity contribution is 5.37. The molecule has 0 spiro atoms. The molecule has 0 fully saturated rings. The number of hydrogen-bond acceptors (Lipinski definition) is 3. The fourth-order valence-corrected chi connectivity index (χ4v) is 2.01. The lowest BCUT2D eigenvalue weighted by Gasteiger charge is -2.13. The van der Waals surface area contributed by atoms with E-state index in [0.29, 0.717) is 19.1 Å². The van der Waals surface area contributed by atoms with Gasteiger partial charge in [0.05, 0.1) is 11.4 Å². The van der Waals surface area contributed by atoms with Crippen LogP contribution in [0.2, 0.25) is 0 Å². The maximum absolute atomic E-state index is 5.91. The predicted molar refractivity (Wildman–Crippen MR) is 81.7 cm³/mol. The minimum absolute atomic E-state index is 0.454. The number of aromatic nitrogens is 1. The van der Waals surface area contributed by atoms with Crippen molar-refractivity contribution in [1.29, 1.82) is 0 Å². The van der Waals surface area contributed by atoms with Gasteiger partial charge in [0.1, 0.15) is 12.4 Å². The van der Waals surface area contributed by atoms with Gasteiger partial charge < -0.3 is 10.5 Å². The molecule has 0 atom stereocenters. The monoisotopic (exact) mass is 270 g/mol. The van der Waals surface area contributed by atoms with Crippen LogP contribution in [0.5, 0.6) is 5.75 Å². The topological polar surface area (TPSA) is 48.1 Å². The third-order valence-corrected chi connectivity index (χ3v) is 3.33. The summed E-state index contributed by atoms with van der Waals surface area (Å²) in [5, 5.41) is 0. The second-order valence-electron chi connectivity index (χ2n) is 5.29. The molecule has 0 aliphatic rings. The zero-order chi connectivity index (χ0) is 14.5. The van der Waals surface area contributed by atoms with Gasteiger partial charge in [0.2, 0.25) is 0 Å². The summed E-state index contributed by atoms with van der Waals surface area (Å²) in [4.78, 5) is 4.44. The van der Waals surface area contributed by atoms with Gasteiger partial charge in [0.15, 0.2) is 0 Å². The number of nitrogens with two attached hydrogens (primary N) is 1. The van der Waals surface area contributed by atoms with Gasteiger partial charge in [-0.05, 0) is 42.2 Å². The smallest absolute Gasteiger partial charge is 0.130 e. The lowest BCUT2D eigenvalue weighted by atomic mass is 10.0. The summed E-state index contributed by atoms with van der Waals surface area (Å²) in [6.07, 6.45) is 0. The van der Waals surface area contributed by atoms with E-state index < -0.39 is 0 Å². The van der Waals surface area contributed by atoms with Crippen molar-refractivity contribution in [3.8, 4) is 5.75 Å². The standard InChI is InChI=1S/C17H22N2O/c1-12(2)14-8-7-13(3)17(9-14)20-11-16-6-4-5-15(10-18)19-16/h4-9,12H,10-11,18H2,1-3H3. The quantitative estimate of drug-likeness (QED) is 0.903. The molecule has 2 rings (SSSR count). The van der Waals surface area contributed by atoms with Crippen LogP contribution in [0.3, 0.4) is 0 Å². The van der Waals surface area contributed by atoms with Crippen LogP contribution in [-0.2, 0) is 13.2 Å². The van der Waals surface area contributed by atoms with Crippen molar-refractivity contribution in [1.82, 2.24) is 4.98 Å². The van der Waals surface area contributed by atoms with Crippen molar-refractivity contribution in [3.63, 3.8) is 0 Å². The normalized spacial score (nSPS) is 10.8. The Morgan fingerprint density at radius 1 is 1.15 bits per heavy atom. The van der Waals surface area contributed by atoms with Crippen LogP contribution in [0.25, 0.3) is 0 Å². The number of nitrogens with zero attached hydrogens (tertiary/aromatic N) is 1. The Morgan fingerprint density at radius 2 is 1.90 bits per heavy atom. The maximum Gasteiger partial charge on any atom is 0.130 e. The molecule has 2 N–H and O–H groups in total. The number of ether oxygens (including phenoxy) is 1. The largest absolute Gasteiger partial charge is 0.487 e. The van der Waals surface area contributed by atoms with Gasteiger partial charge in [-0.25, -0.2) is 0 Å². The van der Waals surface area contributed by atoms with E-state index in [0.717, 1.165) is 22.7 Å². The van der Waals surface area contributed by atoms with Crippen LogP contribution in [0.15, 0.2) is 36.4 Å². The number of rotatable bonds is 5. The number of hydrogen-bond donors (Lipinski definition) is 1. The Balaban J connectivity index is 2.11. The number of pyridine rings is 1. The highest BCUT2D eigenvalue weighted by Crippen LogP contribution is 2.24. The van der Waals surface area contributed by atoms with Crippen LogP contribution in [0.4, 0.5) is 0 Å². The average Bonchev–Trinajstić information content (AvgIpc) is 2.46. The average molecular weight is 270 g/mol. The molecule has 3 heteroatoms. The molecular weight excluding hydrogens is 248 g/mol. The van der Waals surface area contributed by atoms with Gasteiger partial charge >= 0.3 is 0 Å². The summed E-state index contributed by atoms with van der Waals surface area (Å²) in [7, 11) is 0. The van der Waals surface area contributed by atoms with Gasteiger partial charge in [0, 0.05) is 6.54 Å². The van der Waals surface area contributed by atoms with E-state index in [-0.39, 0.29) is 0 Å². The molecule has 0 saturated heterocycles. The first-order valence-corrected chi connectivity index (χ1v) is 6.98. The summed E-state index contributed by atoms with van der Waals surface area (Å²) in [6, 6.07) is 12.2. The van der Waals surface area contributed by atoms with Gasteiger partial charge in [-0.15, -0.1) is 0 Å². The maximum atomic E-state index is 5.91. The van der Waals surface area contributed by atoms with Crippen LogP contribution in [0, 0.1) is 6.92 Å². The molecule has 1 heterocycles. The highest BCUT2D eigenvalue weighted by atomic mass is 16.5. The molecule has 3 nitrogen and oxygen atoms in total. The Bertz CT molecular complexity index is 579. The SMILES string of the molecule is Cc1ccc(C(C)C)cc1OCc1cccc(CN)n1. The summed E-state index contributed by atoms with van der Waals surface area (Å²) >= 11 is 0. The highest BCUT2D eigenvalue weighted by Gasteiger charge is 2.06. The van der Waals surface area contributed by atoms with Gasteiger partial charge in [-0.1, -0.05) is 32.0 Å². The third-order valence-electron chi connectivity index (χ3n) is 3.33. The van der Waals surface area contributed by atoms with Gasteiger partial charge in [-0.2, -0.15) is 0 Å². The molecule has 0 radical (unpaired) electrons. The molecule has 0 amide bonds. The van der Waals surface area contributed by atoms with Crippen molar-refractivity contribution in [2.75, 3.05) is 0 Å². The molecule has 0 saturated carbocycles. The van der Waals surface area contributed by atoms with Gasteiger partial charge in [0.25, 0.3) is 0 Å². The van der Waals surface area contributed by atoms with Gasteiger partial charge in [-0.3, -0.25) is 4.98 Å². The van der Waals surface area contributed by atoms with E-state index in [2.05, 4.69) is 44.0 Å². The third kappa shape index (κ3) is 3.58. The van der Waals surface area contributed by atoms with E-state index in [1.807, 2.05) is 18.2 Å². The summed E-state index contributed by atoms with van der Waals surface area (Å²) in [5.41, 5.74) is 9.82. The zero-order valence-electron chi connectivity index (χ0n) is 12.4. The van der Waals surface area contributed by atoms with Crippen molar-refractivity contribution in [2.24, 2.45) is 5.73 Å². The van der Waals surface area contributed by atoms with Crippen molar-refractivity contribution in [2.45, 2.75) is 39.8 Å². The van der Waals surface area contributed by atoms with E-state index in [1.165, 1.54) is 5.56 Å². The van der Waals surface area contributed by atoms with Crippen molar-refractivity contribution in [3.05, 3.63) is 58.9 Å². The van der Waals surface area contributed by atoms with Crippen LogP contribution in [-0.4, -0.2) is 4.98 Å². The molecule has 0 unspecified atom stereocenters. The molecule has 1 aromatic heterocycles. The molecule has 0 aliphatic carbocycles. The minimum Gasteiger partial charge on any atom is -0.487 e. The summed E-state index contributed by atoms with van der Waals surface area (Å²) < 4.78 is 5.91. The Morgan fingerprint density at radius 3 is 2.60 bits per heavy atom. The van der Waals surface area contributed by atoms with E-state index in [9.17, 15) is 0 Å². The minimum atomic E-state index is 0.454. The summed E-state index contributed by atoms with van der Waals surface area (Å²) in [6.45, 7) is 7.34. The molecular formula is C17H22N2O. The van der Waals surface area contributed by atoms with E-state index in [1.54, 1.807) is 0 Å². The molecule has 1 aromatic carbocycles. The lowest BCUT2D eigenvalue weighted by Crippen LogP contribution is -2.05. The number of aryl methyl sites for hydroxylation is 1. The van der Waals surface area contributed by atoms with E-state index >= 15 is 0 Å². The molecule has 0 bridgehead atoms. The van der Waals surface area contributed by atoms with Crippen molar-refractivity contribution < 1.29 is 4.74 Å². The van der Waals surface area contributed by atoms with Crippen LogP contribution in [0.1, 0.15) is 42.3 Å². The number of benzene rings is 1. The first kappa shape index (κ1) is 14.5. The van der Waals surface area contributed by atoms with Crippen molar-refractivity contribution >= 4 is 0 Å². The second kappa shape index (κ2) is 6.53. The van der Waals surface area contributed by atoms with Crippen LogP contribution >= 0.6 is 0 Å². The fourth-order valence-electron chi connectivity index (χ4n) is 2.01. The fraction of sp³-hybridized carbons (Fsp3) is 0.353. The molecule has 2 aromatic rings. The molecule has 0 aliphatic heterocycles. The Kier molecular flexibility index (Phi) is 4.74. The molecule has 106 valence electrons. The molecule has 20 heavy (non-hydrogen) atoms.